The van der Waals surface area contributed by atoms with Gasteiger partial charge in [-0.05, 0) is 33.4 Å². The van der Waals surface area contributed by atoms with Crippen LogP contribution in [0.15, 0.2) is 0 Å². The van der Waals surface area contributed by atoms with Crippen molar-refractivity contribution in [2.75, 3.05) is 13.6 Å². The van der Waals surface area contributed by atoms with Crippen LogP contribution in [-0.2, 0) is 0 Å². The van der Waals surface area contributed by atoms with Crippen LogP contribution in [0.25, 0.3) is 0 Å². The molecule has 0 saturated carbocycles. The van der Waals surface area contributed by atoms with Crippen molar-refractivity contribution in [1.82, 2.24) is 5.32 Å². The molecule has 0 aromatic heterocycles. The Hall–Kier alpha value is -0.0800. The highest BCUT2D eigenvalue weighted by molar-refractivity contribution is 4.67. The zero-order valence-electron chi connectivity index (χ0n) is 5.78. The zero-order valence-corrected chi connectivity index (χ0v) is 5.78. The fourth-order valence-corrected chi connectivity index (χ4v) is 0.859. The minimum atomic E-state index is 0.796. The predicted molar refractivity (Wildman–Crippen MR) is 36.8 cm³/mol. The molecule has 0 aliphatic carbocycles. The first-order valence-electron chi connectivity index (χ1n) is 3.21. The van der Waals surface area contributed by atoms with Crippen molar-refractivity contribution in [3.63, 3.8) is 0 Å². The smallest absolute Gasteiger partial charge is 0.00391 e. The molecule has 2 nitrogen and oxygen atoms in total. The average molecular weight is 116 g/mol. The van der Waals surface area contributed by atoms with Gasteiger partial charge in [0, 0.05) is 6.04 Å². The molecule has 0 unspecified atom stereocenters. The standard InChI is InChI=1S/C5H11N.CH5N/c1-5-3-2-4-6-5;1-2/h5-6H,2-4H2,1H3;2H2,1H3/t5-;/m1./s1. The summed E-state index contributed by atoms with van der Waals surface area (Å²) in [5, 5.41) is 3.32. The van der Waals surface area contributed by atoms with Crippen LogP contribution in [0.3, 0.4) is 0 Å². The molecule has 0 aromatic carbocycles. The lowest BCUT2D eigenvalue weighted by atomic mass is 10.3. The molecule has 8 heavy (non-hydrogen) atoms. The molecule has 0 amide bonds. The third-order valence-electron chi connectivity index (χ3n) is 1.31. The summed E-state index contributed by atoms with van der Waals surface area (Å²) >= 11 is 0. The lowest BCUT2D eigenvalue weighted by Crippen LogP contribution is -2.16. The molecule has 1 atom stereocenters. The van der Waals surface area contributed by atoms with Crippen molar-refractivity contribution >= 4 is 0 Å². The minimum Gasteiger partial charge on any atom is -0.333 e. The molecule has 3 N–H and O–H groups in total. The van der Waals surface area contributed by atoms with Gasteiger partial charge in [0.1, 0.15) is 0 Å². The van der Waals surface area contributed by atoms with Crippen LogP contribution in [0.1, 0.15) is 19.8 Å². The topological polar surface area (TPSA) is 38.0 Å². The van der Waals surface area contributed by atoms with Crippen LogP contribution in [0.5, 0.6) is 0 Å². The Balaban J connectivity index is 0.000000222. The van der Waals surface area contributed by atoms with Gasteiger partial charge in [-0.15, -0.1) is 0 Å². The number of hydrogen-bond donors (Lipinski definition) is 2. The van der Waals surface area contributed by atoms with E-state index >= 15 is 0 Å². The van der Waals surface area contributed by atoms with E-state index in [9.17, 15) is 0 Å². The first kappa shape index (κ1) is 7.92. The van der Waals surface area contributed by atoms with Gasteiger partial charge in [0.2, 0.25) is 0 Å². The second-order valence-electron chi connectivity index (χ2n) is 2.00. The van der Waals surface area contributed by atoms with Gasteiger partial charge in [-0.3, -0.25) is 0 Å². The van der Waals surface area contributed by atoms with E-state index in [1.165, 1.54) is 26.4 Å². The first-order chi connectivity index (χ1) is 3.89. The summed E-state index contributed by atoms with van der Waals surface area (Å²) in [6.07, 6.45) is 2.75. The Morgan fingerprint density at radius 1 is 1.50 bits per heavy atom. The lowest BCUT2D eigenvalue weighted by molar-refractivity contribution is 0.664. The van der Waals surface area contributed by atoms with E-state index in [4.69, 9.17) is 0 Å². The van der Waals surface area contributed by atoms with Gasteiger partial charge in [-0.1, -0.05) is 0 Å². The number of rotatable bonds is 0. The third kappa shape index (κ3) is 2.99. The van der Waals surface area contributed by atoms with E-state index in [0.29, 0.717) is 0 Å². The van der Waals surface area contributed by atoms with Gasteiger partial charge in [-0.2, -0.15) is 0 Å². The highest BCUT2D eigenvalue weighted by Gasteiger charge is 2.05. The fourth-order valence-electron chi connectivity index (χ4n) is 0.859. The van der Waals surface area contributed by atoms with Crippen molar-refractivity contribution in [3.8, 4) is 0 Å². The molecule has 1 aliphatic rings. The largest absolute Gasteiger partial charge is 0.333 e. The molecular weight excluding hydrogens is 100 g/mol. The number of nitrogens with one attached hydrogen (secondary N) is 1. The summed E-state index contributed by atoms with van der Waals surface area (Å²) in [6, 6.07) is 0.796. The zero-order chi connectivity index (χ0) is 6.41. The SMILES string of the molecule is CN.C[C@@H]1CCCN1. The molecule has 0 bridgehead atoms. The van der Waals surface area contributed by atoms with E-state index in [2.05, 4.69) is 18.0 Å². The average Bonchev–Trinajstić information content (AvgIpc) is 2.24. The predicted octanol–water partition coefficient (Wildman–Crippen LogP) is 0.333. The highest BCUT2D eigenvalue weighted by atomic mass is 14.9. The van der Waals surface area contributed by atoms with Crippen molar-refractivity contribution in [2.45, 2.75) is 25.8 Å². The Kier molecular flexibility index (Phi) is 5.01. The summed E-state index contributed by atoms with van der Waals surface area (Å²) in [5.74, 6) is 0. The molecule has 1 heterocycles. The van der Waals surface area contributed by atoms with Crippen LogP contribution >= 0.6 is 0 Å². The second kappa shape index (κ2) is 5.06. The van der Waals surface area contributed by atoms with Crippen molar-refractivity contribution in [3.05, 3.63) is 0 Å². The molecular formula is C6H16N2. The molecule has 1 saturated heterocycles. The molecule has 0 radical (unpaired) electrons. The van der Waals surface area contributed by atoms with Crippen molar-refractivity contribution in [2.24, 2.45) is 5.73 Å². The molecule has 0 aromatic rings. The van der Waals surface area contributed by atoms with Crippen molar-refractivity contribution < 1.29 is 0 Å². The third-order valence-corrected chi connectivity index (χ3v) is 1.31. The molecule has 1 aliphatic heterocycles. The number of nitrogens with two attached hydrogens (primary N) is 1. The van der Waals surface area contributed by atoms with E-state index < -0.39 is 0 Å². The molecule has 1 fully saturated rings. The minimum absolute atomic E-state index is 0.796. The summed E-state index contributed by atoms with van der Waals surface area (Å²) in [4.78, 5) is 0. The maximum atomic E-state index is 4.50. The van der Waals surface area contributed by atoms with Crippen LogP contribution < -0.4 is 11.1 Å². The number of hydrogen-bond acceptors (Lipinski definition) is 2. The maximum Gasteiger partial charge on any atom is 0.00391 e. The van der Waals surface area contributed by atoms with Gasteiger partial charge < -0.3 is 11.1 Å². The summed E-state index contributed by atoms with van der Waals surface area (Å²) < 4.78 is 0. The Bertz CT molecular complexity index is 39.8. The summed E-state index contributed by atoms with van der Waals surface area (Å²) in [5.41, 5.74) is 4.50. The van der Waals surface area contributed by atoms with Gasteiger partial charge in [0.15, 0.2) is 0 Å². The Labute approximate surface area is 51.5 Å². The first-order valence-corrected chi connectivity index (χ1v) is 3.21. The molecule has 2 heteroatoms. The lowest BCUT2D eigenvalue weighted by Gasteiger charge is -1.95. The van der Waals surface area contributed by atoms with Gasteiger partial charge in [0.25, 0.3) is 0 Å². The van der Waals surface area contributed by atoms with Crippen LogP contribution in [0.2, 0.25) is 0 Å². The fraction of sp³-hybridized carbons (Fsp3) is 1.00. The van der Waals surface area contributed by atoms with Gasteiger partial charge in [-0.25, -0.2) is 0 Å². The van der Waals surface area contributed by atoms with E-state index in [0.717, 1.165) is 6.04 Å². The molecule has 0 spiro atoms. The van der Waals surface area contributed by atoms with Crippen LogP contribution in [0.4, 0.5) is 0 Å². The highest BCUT2D eigenvalue weighted by Crippen LogP contribution is 2.01. The van der Waals surface area contributed by atoms with E-state index in [-0.39, 0.29) is 0 Å². The Morgan fingerprint density at radius 2 is 2.12 bits per heavy atom. The maximum absolute atomic E-state index is 4.50. The molecule has 50 valence electrons. The monoisotopic (exact) mass is 116 g/mol. The van der Waals surface area contributed by atoms with Crippen LogP contribution in [-0.4, -0.2) is 19.6 Å². The Morgan fingerprint density at radius 3 is 2.25 bits per heavy atom. The molecule has 1 rings (SSSR count). The van der Waals surface area contributed by atoms with Crippen LogP contribution in [0, 0.1) is 0 Å². The quantitative estimate of drug-likeness (QED) is 0.479. The van der Waals surface area contributed by atoms with Crippen molar-refractivity contribution in [1.29, 1.82) is 0 Å². The summed E-state index contributed by atoms with van der Waals surface area (Å²) in [6.45, 7) is 3.47. The van der Waals surface area contributed by atoms with E-state index in [1.807, 2.05) is 0 Å². The normalized spacial score (nSPS) is 26.6. The second-order valence-corrected chi connectivity index (χ2v) is 2.00. The van der Waals surface area contributed by atoms with E-state index in [1.54, 1.807) is 0 Å². The summed E-state index contributed by atoms with van der Waals surface area (Å²) in [7, 11) is 1.50. The van der Waals surface area contributed by atoms with Gasteiger partial charge >= 0.3 is 0 Å². The van der Waals surface area contributed by atoms with Gasteiger partial charge in [0.05, 0.1) is 0 Å².